The Morgan fingerprint density at radius 2 is 1.94 bits per heavy atom. The molecule has 92 valence electrons. The van der Waals surface area contributed by atoms with Gasteiger partial charge in [-0.1, -0.05) is 0 Å². The van der Waals surface area contributed by atoms with E-state index in [0.29, 0.717) is 19.2 Å². The minimum absolute atomic E-state index is 0.0658. The van der Waals surface area contributed by atoms with Crippen molar-refractivity contribution in [3.05, 3.63) is 17.0 Å². The number of aryl methyl sites for hydroxylation is 1. The Bertz CT molecular complexity index is 344. The van der Waals surface area contributed by atoms with Crippen LogP contribution in [0.1, 0.15) is 49.9 Å². The summed E-state index contributed by atoms with van der Waals surface area (Å²) in [6.45, 7) is 11.6. The Balaban J connectivity index is 2.95. The van der Waals surface area contributed by atoms with E-state index in [1.807, 2.05) is 11.6 Å². The Hall–Kier alpha value is -0.870. The minimum Gasteiger partial charge on any atom is -0.372 e. The number of nitrogens with zero attached hydrogens (tertiary/aromatic N) is 2. The van der Waals surface area contributed by atoms with Gasteiger partial charge in [0.2, 0.25) is 0 Å². The third kappa shape index (κ3) is 2.62. The van der Waals surface area contributed by atoms with Gasteiger partial charge in [-0.25, -0.2) is 0 Å². The summed E-state index contributed by atoms with van der Waals surface area (Å²) in [6, 6.07) is 0.383. The average molecular weight is 225 g/mol. The standard InChI is InChI=1S/C12H23N3O/c1-8(2)15-10(4)12(9(3)14-15)11(5)16-7-6-13/h8,11H,6-7,13H2,1-5H3/t11-/m1/s1. The summed E-state index contributed by atoms with van der Waals surface area (Å²) >= 11 is 0. The third-order valence-corrected chi connectivity index (χ3v) is 2.76. The Morgan fingerprint density at radius 3 is 2.38 bits per heavy atom. The molecule has 0 aromatic carbocycles. The van der Waals surface area contributed by atoms with Crippen molar-refractivity contribution in [2.24, 2.45) is 5.73 Å². The van der Waals surface area contributed by atoms with Crippen LogP contribution in [0, 0.1) is 13.8 Å². The summed E-state index contributed by atoms with van der Waals surface area (Å²) in [5.74, 6) is 0. The summed E-state index contributed by atoms with van der Waals surface area (Å²) in [6.07, 6.45) is 0.0658. The molecule has 1 rings (SSSR count). The van der Waals surface area contributed by atoms with Crippen molar-refractivity contribution >= 4 is 0 Å². The second-order valence-electron chi connectivity index (χ2n) is 4.42. The van der Waals surface area contributed by atoms with Crippen LogP contribution in [0.5, 0.6) is 0 Å². The van der Waals surface area contributed by atoms with E-state index in [2.05, 4.69) is 32.8 Å². The van der Waals surface area contributed by atoms with Gasteiger partial charge in [-0.3, -0.25) is 4.68 Å². The molecule has 0 fully saturated rings. The molecular weight excluding hydrogens is 202 g/mol. The van der Waals surface area contributed by atoms with Crippen molar-refractivity contribution in [3.63, 3.8) is 0 Å². The first kappa shape index (κ1) is 13.2. The number of rotatable bonds is 5. The highest BCUT2D eigenvalue weighted by Gasteiger charge is 2.18. The zero-order chi connectivity index (χ0) is 12.3. The maximum Gasteiger partial charge on any atom is 0.0833 e. The molecule has 4 heteroatoms. The largest absolute Gasteiger partial charge is 0.372 e. The van der Waals surface area contributed by atoms with Crippen LogP contribution in [-0.4, -0.2) is 22.9 Å². The first-order valence-electron chi connectivity index (χ1n) is 5.86. The fraction of sp³-hybridized carbons (Fsp3) is 0.750. The van der Waals surface area contributed by atoms with Gasteiger partial charge in [0.1, 0.15) is 0 Å². The van der Waals surface area contributed by atoms with Crippen molar-refractivity contribution in [1.82, 2.24) is 9.78 Å². The summed E-state index contributed by atoms with van der Waals surface area (Å²) in [4.78, 5) is 0. The van der Waals surface area contributed by atoms with E-state index in [4.69, 9.17) is 10.5 Å². The van der Waals surface area contributed by atoms with Gasteiger partial charge in [0.25, 0.3) is 0 Å². The molecule has 1 atom stereocenters. The molecule has 0 aliphatic carbocycles. The lowest BCUT2D eigenvalue weighted by Crippen LogP contribution is -2.12. The highest BCUT2D eigenvalue weighted by molar-refractivity contribution is 5.27. The molecule has 16 heavy (non-hydrogen) atoms. The van der Waals surface area contributed by atoms with Gasteiger partial charge in [0.15, 0.2) is 0 Å². The third-order valence-electron chi connectivity index (χ3n) is 2.76. The second-order valence-corrected chi connectivity index (χ2v) is 4.42. The number of nitrogens with two attached hydrogens (primary N) is 1. The number of ether oxygens (including phenoxy) is 1. The molecule has 0 bridgehead atoms. The van der Waals surface area contributed by atoms with Crippen LogP contribution >= 0.6 is 0 Å². The van der Waals surface area contributed by atoms with Crippen molar-refractivity contribution in [3.8, 4) is 0 Å². The lowest BCUT2D eigenvalue weighted by molar-refractivity contribution is 0.0708. The van der Waals surface area contributed by atoms with Crippen molar-refractivity contribution in [2.45, 2.75) is 46.8 Å². The highest BCUT2D eigenvalue weighted by atomic mass is 16.5. The normalized spacial score (nSPS) is 13.4. The predicted octanol–water partition coefficient (Wildman–Crippen LogP) is 2.12. The van der Waals surface area contributed by atoms with E-state index in [0.717, 1.165) is 5.69 Å². The van der Waals surface area contributed by atoms with Crippen LogP contribution in [0.2, 0.25) is 0 Å². The zero-order valence-electron chi connectivity index (χ0n) is 10.9. The highest BCUT2D eigenvalue weighted by Crippen LogP contribution is 2.25. The van der Waals surface area contributed by atoms with Crippen LogP contribution in [0.25, 0.3) is 0 Å². The maximum atomic E-state index is 5.65. The molecule has 0 aliphatic heterocycles. The van der Waals surface area contributed by atoms with Crippen LogP contribution in [-0.2, 0) is 4.74 Å². The predicted molar refractivity (Wildman–Crippen MR) is 65.5 cm³/mol. The van der Waals surface area contributed by atoms with Gasteiger partial charge in [-0.05, 0) is 34.6 Å². The fourth-order valence-electron chi connectivity index (χ4n) is 2.09. The van der Waals surface area contributed by atoms with Gasteiger partial charge in [-0.15, -0.1) is 0 Å². The lowest BCUT2D eigenvalue weighted by Gasteiger charge is -2.14. The van der Waals surface area contributed by atoms with Crippen molar-refractivity contribution in [2.75, 3.05) is 13.2 Å². The van der Waals surface area contributed by atoms with Crippen LogP contribution in [0.3, 0.4) is 0 Å². The summed E-state index contributed by atoms with van der Waals surface area (Å²) in [5, 5.41) is 4.54. The topological polar surface area (TPSA) is 53.1 Å². The molecule has 1 heterocycles. The van der Waals surface area contributed by atoms with Crippen molar-refractivity contribution in [1.29, 1.82) is 0 Å². The summed E-state index contributed by atoms with van der Waals surface area (Å²) in [5.41, 5.74) is 8.88. The molecule has 0 spiro atoms. The monoisotopic (exact) mass is 225 g/mol. The molecule has 0 aliphatic rings. The average Bonchev–Trinajstić information content (AvgIpc) is 2.51. The van der Waals surface area contributed by atoms with Gasteiger partial charge in [-0.2, -0.15) is 5.10 Å². The van der Waals surface area contributed by atoms with E-state index >= 15 is 0 Å². The molecule has 4 nitrogen and oxygen atoms in total. The van der Waals surface area contributed by atoms with E-state index in [1.165, 1.54) is 11.3 Å². The number of hydrogen-bond donors (Lipinski definition) is 1. The van der Waals surface area contributed by atoms with Crippen LogP contribution < -0.4 is 5.73 Å². The van der Waals surface area contributed by atoms with E-state index in [-0.39, 0.29) is 6.10 Å². The minimum atomic E-state index is 0.0658. The van der Waals surface area contributed by atoms with Gasteiger partial charge < -0.3 is 10.5 Å². The first-order chi connectivity index (χ1) is 7.49. The smallest absolute Gasteiger partial charge is 0.0833 e. The van der Waals surface area contributed by atoms with Crippen molar-refractivity contribution < 1.29 is 4.74 Å². The lowest BCUT2D eigenvalue weighted by atomic mass is 10.1. The van der Waals surface area contributed by atoms with Gasteiger partial charge >= 0.3 is 0 Å². The molecule has 0 radical (unpaired) electrons. The SMILES string of the molecule is Cc1nn(C(C)C)c(C)c1[C@@H](C)OCCN. The number of aromatic nitrogens is 2. The number of hydrogen-bond acceptors (Lipinski definition) is 3. The fourth-order valence-corrected chi connectivity index (χ4v) is 2.09. The first-order valence-corrected chi connectivity index (χ1v) is 5.86. The second kappa shape index (κ2) is 5.46. The summed E-state index contributed by atoms with van der Waals surface area (Å²) < 4.78 is 7.70. The molecule has 1 aromatic heterocycles. The van der Waals surface area contributed by atoms with Gasteiger partial charge in [0, 0.05) is 23.8 Å². The molecule has 1 aromatic rings. The molecule has 2 N–H and O–H groups in total. The van der Waals surface area contributed by atoms with Gasteiger partial charge in [0.05, 0.1) is 18.4 Å². The molecule has 0 unspecified atom stereocenters. The molecule has 0 saturated heterocycles. The molecule has 0 amide bonds. The quantitative estimate of drug-likeness (QED) is 0.835. The Labute approximate surface area is 97.8 Å². The van der Waals surface area contributed by atoms with E-state index < -0.39 is 0 Å². The Kier molecular flexibility index (Phi) is 4.50. The van der Waals surface area contributed by atoms with Crippen LogP contribution in [0.15, 0.2) is 0 Å². The Morgan fingerprint density at radius 1 is 1.31 bits per heavy atom. The van der Waals surface area contributed by atoms with E-state index in [1.54, 1.807) is 0 Å². The van der Waals surface area contributed by atoms with Crippen LogP contribution in [0.4, 0.5) is 0 Å². The van der Waals surface area contributed by atoms with E-state index in [9.17, 15) is 0 Å². The summed E-state index contributed by atoms with van der Waals surface area (Å²) in [7, 11) is 0. The molecular formula is C12H23N3O. The maximum absolute atomic E-state index is 5.65. The molecule has 0 saturated carbocycles. The zero-order valence-corrected chi connectivity index (χ0v) is 10.9.